The van der Waals surface area contributed by atoms with E-state index >= 15 is 0 Å². The Hall–Kier alpha value is -2.28. The molecule has 7 heteroatoms. The molecule has 0 spiro atoms. The summed E-state index contributed by atoms with van der Waals surface area (Å²) in [6.45, 7) is 4.60. The average Bonchev–Trinajstić information content (AvgIpc) is 2.64. The Bertz CT molecular complexity index is 703. The molecule has 0 saturated carbocycles. The quantitative estimate of drug-likeness (QED) is 0.409. The van der Waals surface area contributed by atoms with E-state index in [-0.39, 0.29) is 0 Å². The van der Waals surface area contributed by atoms with Crippen LogP contribution in [0.5, 0.6) is 11.5 Å². The smallest absolute Gasteiger partial charge is 0.337 e. The summed E-state index contributed by atoms with van der Waals surface area (Å²) in [7, 11) is 2.96. The molecule has 2 N–H and O–H groups in total. The van der Waals surface area contributed by atoms with Gasteiger partial charge in [-0.2, -0.15) is 0 Å². The summed E-state index contributed by atoms with van der Waals surface area (Å²) >= 11 is 5.24. The van der Waals surface area contributed by atoms with E-state index in [1.165, 1.54) is 7.11 Å². The molecule has 0 aliphatic carbocycles. The molecule has 6 nitrogen and oxygen atoms in total. The monoisotopic (exact) mass is 378 g/mol. The van der Waals surface area contributed by atoms with Gasteiger partial charge in [0.2, 0.25) is 0 Å². The van der Waals surface area contributed by atoms with Gasteiger partial charge in [0.15, 0.2) is 16.6 Å². The first-order valence-electron chi connectivity index (χ1n) is 8.69. The number of methoxy groups -OCH3 is 2. The standard InChI is InChI=1S/C19H26N2O4S/c1-5-6-7-10-25-14-9-8-13(11-15(14)23-3)17-16(18(22)24-4)12(2)20-19(26)21-17/h8-9,11,17H,5-7,10H2,1-4H3,(H2,20,21,26)/t17-/m0/s1. The molecule has 0 radical (unpaired) electrons. The third-order valence-corrected chi connectivity index (χ3v) is 4.42. The highest BCUT2D eigenvalue weighted by Crippen LogP contribution is 2.34. The molecular weight excluding hydrogens is 352 g/mol. The number of thiocarbonyl (C=S) groups is 1. The highest BCUT2D eigenvalue weighted by molar-refractivity contribution is 7.80. The molecular formula is C19H26N2O4S. The van der Waals surface area contributed by atoms with Crippen molar-refractivity contribution in [3.05, 3.63) is 35.0 Å². The molecule has 1 atom stereocenters. The van der Waals surface area contributed by atoms with E-state index in [1.54, 1.807) is 14.0 Å². The van der Waals surface area contributed by atoms with Gasteiger partial charge in [-0.3, -0.25) is 0 Å². The van der Waals surface area contributed by atoms with Gasteiger partial charge in [0, 0.05) is 5.70 Å². The van der Waals surface area contributed by atoms with Gasteiger partial charge in [-0.1, -0.05) is 25.8 Å². The van der Waals surface area contributed by atoms with E-state index in [9.17, 15) is 4.79 Å². The average molecular weight is 378 g/mol. The summed E-state index contributed by atoms with van der Waals surface area (Å²) in [6, 6.07) is 5.20. The first-order chi connectivity index (χ1) is 12.5. The summed E-state index contributed by atoms with van der Waals surface area (Å²) in [5, 5.41) is 6.55. The van der Waals surface area contributed by atoms with Crippen molar-refractivity contribution >= 4 is 23.3 Å². The van der Waals surface area contributed by atoms with E-state index in [0.717, 1.165) is 24.8 Å². The molecule has 2 rings (SSSR count). The molecule has 0 unspecified atom stereocenters. The number of nitrogens with one attached hydrogen (secondary N) is 2. The lowest BCUT2D eigenvalue weighted by molar-refractivity contribution is -0.136. The Morgan fingerprint density at radius 1 is 1.23 bits per heavy atom. The number of esters is 1. The first-order valence-corrected chi connectivity index (χ1v) is 9.10. The second-order valence-electron chi connectivity index (χ2n) is 6.03. The predicted octanol–water partition coefficient (Wildman–Crippen LogP) is 3.23. The maximum atomic E-state index is 12.2. The van der Waals surface area contributed by atoms with Gasteiger partial charge < -0.3 is 24.8 Å². The van der Waals surface area contributed by atoms with Gasteiger partial charge in [-0.15, -0.1) is 0 Å². The molecule has 1 aliphatic heterocycles. The zero-order valence-corrected chi connectivity index (χ0v) is 16.5. The molecule has 0 saturated heterocycles. The summed E-state index contributed by atoms with van der Waals surface area (Å²) in [5.74, 6) is 0.894. The van der Waals surface area contributed by atoms with Gasteiger partial charge in [0.25, 0.3) is 0 Å². The van der Waals surface area contributed by atoms with Crippen LogP contribution in [0.25, 0.3) is 0 Å². The van der Waals surface area contributed by atoms with Crippen LogP contribution in [-0.2, 0) is 9.53 Å². The fourth-order valence-electron chi connectivity index (χ4n) is 2.84. The van der Waals surface area contributed by atoms with Gasteiger partial charge >= 0.3 is 5.97 Å². The van der Waals surface area contributed by atoms with Crippen molar-refractivity contribution in [1.82, 2.24) is 10.6 Å². The summed E-state index contributed by atoms with van der Waals surface area (Å²) in [4.78, 5) is 12.2. The van der Waals surface area contributed by atoms with E-state index in [1.807, 2.05) is 18.2 Å². The topological polar surface area (TPSA) is 68.8 Å². The fraction of sp³-hybridized carbons (Fsp3) is 0.474. The zero-order valence-electron chi connectivity index (χ0n) is 15.7. The van der Waals surface area contributed by atoms with Gasteiger partial charge in [0.05, 0.1) is 32.4 Å². The predicted molar refractivity (Wildman–Crippen MR) is 104 cm³/mol. The first kappa shape index (κ1) is 20.0. The molecule has 26 heavy (non-hydrogen) atoms. The number of carbonyl (C=O) groups is 1. The molecule has 142 valence electrons. The number of allylic oxidation sites excluding steroid dienone is 1. The van der Waals surface area contributed by atoms with Crippen molar-refractivity contribution in [2.24, 2.45) is 0 Å². The molecule has 1 aromatic carbocycles. The SMILES string of the molecule is CCCCCOc1ccc([C@@H]2NC(=S)NC(C)=C2C(=O)OC)cc1OC. The van der Waals surface area contributed by atoms with Crippen LogP contribution in [0.2, 0.25) is 0 Å². The molecule has 1 aromatic rings. The van der Waals surface area contributed by atoms with Crippen LogP contribution >= 0.6 is 12.2 Å². The van der Waals surface area contributed by atoms with Crippen LogP contribution in [0.1, 0.15) is 44.7 Å². The molecule has 1 aliphatic rings. The lowest BCUT2D eigenvalue weighted by atomic mass is 9.95. The van der Waals surface area contributed by atoms with Crippen molar-refractivity contribution < 1.29 is 19.0 Å². The van der Waals surface area contributed by atoms with Crippen molar-refractivity contribution in [2.75, 3.05) is 20.8 Å². The van der Waals surface area contributed by atoms with Crippen LogP contribution in [0.15, 0.2) is 29.5 Å². The van der Waals surface area contributed by atoms with Crippen molar-refractivity contribution in [2.45, 2.75) is 39.2 Å². The van der Waals surface area contributed by atoms with Gasteiger partial charge in [0.1, 0.15) is 0 Å². The van der Waals surface area contributed by atoms with Crippen LogP contribution in [0, 0.1) is 0 Å². The maximum absolute atomic E-state index is 12.2. The van der Waals surface area contributed by atoms with Crippen LogP contribution in [0.4, 0.5) is 0 Å². The number of hydrogen-bond donors (Lipinski definition) is 2. The lowest BCUT2D eigenvalue weighted by Gasteiger charge is -2.30. The zero-order chi connectivity index (χ0) is 19.1. The molecule has 1 heterocycles. The third kappa shape index (κ3) is 4.66. The van der Waals surface area contributed by atoms with Crippen molar-refractivity contribution in [1.29, 1.82) is 0 Å². The highest BCUT2D eigenvalue weighted by atomic mass is 32.1. The number of benzene rings is 1. The van der Waals surface area contributed by atoms with Crippen LogP contribution in [0.3, 0.4) is 0 Å². The summed E-state index contributed by atoms with van der Waals surface area (Å²) in [5.41, 5.74) is 2.00. The molecule has 0 amide bonds. The van der Waals surface area contributed by atoms with Gasteiger partial charge in [-0.25, -0.2) is 4.79 Å². The van der Waals surface area contributed by atoms with E-state index in [4.69, 9.17) is 26.4 Å². The minimum atomic E-state index is -0.417. The highest BCUT2D eigenvalue weighted by Gasteiger charge is 2.31. The summed E-state index contributed by atoms with van der Waals surface area (Å²) in [6.07, 6.45) is 3.27. The Morgan fingerprint density at radius 2 is 2.00 bits per heavy atom. The fourth-order valence-corrected chi connectivity index (χ4v) is 3.11. The molecule has 0 fully saturated rings. The van der Waals surface area contributed by atoms with Gasteiger partial charge in [-0.05, 0) is 43.3 Å². The number of unbranched alkanes of at least 4 members (excludes halogenated alkanes) is 2. The van der Waals surface area contributed by atoms with Crippen LogP contribution in [-0.4, -0.2) is 31.9 Å². The van der Waals surface area contributed by atoms with Crippen molar-refractivity contribution in [3.8, 4) is 11.5 Å². The number of hydrogen-bond acceptors (Lipinski definition) is 5. The Morgan fingerprint density at radius 3 is 2.65 bits per heavy atom. The molecule has 0 aromatic heterocycles. The lowest BCUT2D eigenvalue weighted by Crippen LogP contribution is -2.45. The minimum absolute atomic E-state index is 0.408. The van der Waals surface area contributed by atoms with E-state index in [0.29, 0.717) is 34.5 Å². The number of ether oxygens (including phenoxy) is 3. The molecule has 0 bridgehead atoms. The minimum Gasteiger partial charge on any atom is -0.493 e. The largest absolute Gasteiger partial charge is 0.493 e. The van der Waals surface area contributed by atoms with Crippen molar-refractivity contribution in [3.63, 3.8) is 0 Å². The Balaban J connectivity index is 2.30. The third-order valence-electron chi connectivity index (χ3n) is 4.20. The van der Waals surface area contributed by atoms with E-state index in [2.05, 4.69) is 17.6 Å². The second-order valence-corrected chi connectivity index (χ2v) is 6.44. The number of carbonyl (C=O) groups excluding carboxylic acids is 1. The summed E-state index contributed by atoms with van der Waals surface area (Å²) < 4.78 is 16.2. The Labute approximate surface area is 159 Å². The second kappa shape index (κ2) is 9.43. The van der Waals surface area contributed by atoms with E-state index < -0.39 is 12.0 Å². The van der Waals surface area contributed by atoms with Crippen LogP contribution < -0.4 is 20.1 Å². The Kier molecular flexibility index (Phi) is 7.26. The normalized spacial score (nSPS) is 16.6. The maximum Gasteiger partial charge on any atom is 0.337 e. The number of rotatable bonds is 8.